The maximum absolute atomic E-state index is 13.2. The van der Waals surface area contributed by atoms with Crippen molar-refractivity contribution >= 4 is 23.4 Å². The summed E-state index contributed by atoms with van der Waals surface area (Å²) >= 11 is 5.73. The summed E-state index contributed by atoms with van der Waals surface area (Å²) in [5.41, 5.74) is -0.00296. The third kappa shape index (κ3) is 4.11. The van der Waals surface area contributed by atoms with Crippen LogP contribution in [0, 0.1) is 11.2 Å². The topological polar surface area (TPSA) is 49.9 Å². The molecular weight excluding hydrogens is 359 g/mol. The molecule has 142 valence electrons. The second-order valence-electron chi connectivity index (χ2n) is 7.19. The van der Waals surface area contributed by atoms with Gasteiger partial charge in [0.25, 0.3) is 5.91 Å². The molecule has 2 aliphatic heterocycles. The van der Waals surface area contributed by atoms with Crippen molar-refractivity contribution in [2.45, 2.75) is 32.6 Å². The summed E-state index contributed by atoms with van der Waals surface area (Å²) in [6.07, 6.45) is 3.36. The standard InChI is InChI=1S/C19H24ClFN2O3/c1-2-22-12-19(8-6-17(22)24)7-3-9-23(13-19)18(25)11-26-14-4-5-16(21)15(20)10-14/h4-5,10H,2-3,6-9,11-13H2,1H3/t19-/m1/s1. The molecule has 0 radical (unpaired) electrons. The second-order valence-corrected chi connectivity index (χ2v) is 7.60. The maximum Gasteiger partial charge on any atom is 0.260 e. The van der Waals surface area contributed by atoms with E-state index in [0.717, 1.165) is 25.8 Å². The molecule has 1 atom stereocenters. The lowest BCUT2D eigenvalue weighted by Crippen LogP contribution is -2.55. The van der Waals surface area contributed by atoms with E-state index in [1.165, 1.54) is 18.2 Å². The number of carbonyl (C=O) groups is 2. The minimum Gasteiger partial charge on any atom is -0.484 e. The number of likely N-dealkylation sites (tertiary alicyclic amines) is 2. The first kappa shape index (κ1) is 19.0. The smallest absolute Gasteiger partial charge is 0.260 e. The minimum atomic E-state index is -0.518. The van der Waals surface area contributed by atoms with Gasteiger partial charge in [-0.05, 0) is 38.3 Å². The maximum atomic E-state index is 13.2. The first-order valence-corrected chi connectivity index (χ1v) is 9.44. The predicted molar refractivity (Wildman–Crippen MR) is 96.6 cm³/mol. The Kier molecular flexibility index (Phi) is 5.70. The molecule has 1 aromatic carbocycles. The molecule has 0 bridgehead atoms. The van der Waals surface area contributed by atoms with Gasteiger partial charge < -0.3 is 14.5 Å². The van der Waals surface area contributed by atoms with Crippen LogP contribution in [0.15, 0.2) is 18.2 Å². The number of piperidine rings is 2. The zero-order chi connectivity index (χ0) is 18.7. The molecule has 2 aliphatic rings. The van der Waals surface area contributed by atoms with Gasteiger partial charge in [0.15, 0.2) is 6.61 Å². The van der Waals surface area contributed by atoms with Crippen LogP contribution in [0.25, 0.3) is 0 Å². The van der Waals surface area contributed by atoms with Gasteiger partial charge >= 0.3 is 0 Å². The SMILES string of the molecule is CCN1C[C@@]2(CCCN(C(=O)COc3ccc(F)c(Cl)c3)C2)CCC1=O. The van der Waals surface area contributed by atoms with E-state index in [-0.39, 0.29) is 28.9 Å². The lowest BCUT2D eigenvalue weighted by molar-refractivity contribution is -0.143. The summed E-state index contributed by atoms with van der Waals surface area (Å²) in [6.45, 7) is 4.68. The summed E-state index contributed by atoms with van der Waals surface area (Å²) < 4.78 is 18.7. The van der Waals surface area contributed by atoms with Gasteiger partial charge in [-0.15, -0.1) is 0 Å². The van der Waals surface area contributed by atoms with Gasteiger partial charge in [-0.2, -0.15) is 0 Å². The van der Waals surface area contributed by atoms with Gasteiger partial charge in [-0.3, -0.25) is 9.59 Å². The van der Waals surface area contributed by atoms with Crippen molar-refractivity contribution in [3.05, 3.63) is 29.0 Å². The number of benzene rings is 1. The Morgan fingerprint density at radius 2 is 2.15 bits per heavy atom. The first-order valence-electron chi connectivity index (χ1n) is 9.06. The van der Waals surface area contributed by atoms with Crippen molar-refractivity contribution < 1.29 is 18.7 Å². The predicted octanol–water partition coefficient (Wildman–Crippen LogP) is 3.11. The van der Waals surface area contributed by atoms with E-state index in [1.54, 1.807) is 0 Å². The number of rotatable bonds is 4. The van der Waals surface area contributed by atoms with Crippen molar-refractivity contribution in [3.8, 4) is 5.75 Å². The third-order valence-electron chi connectivity index (χ3n) is 5.40. The average molecular weight is 383 g/mol. The number of nitrogens with zero attached hydrogens (tertiary/aromatic N) is 2. The van der Waals surface area contributed by atoms with Crippen LogP contribution in [0.5, 0.6) is 5.75 Å². The van der Waals surface area contributed by atoms with Crippen LogP contribution in [0.3, 0.4) is 0 Å². The molecule has 3 rings (SSSR count). The van der Waals surface area contributed by atoms with E-state index in [4.69, 9.17) is 16.3 Å². The van der Waals surface area contributed by atoms with Gasteiger partial charge in [0.2, 0.25) is 5.91 Å². The highest BCUT2D eigenvalue weighted by Crippen LogP contribution is 2.38. The van der Waals surface area contributed by atoms with E-state index in [9.17, 15) is 14.0 Å². The fraction of sp³-hybridized carbons (Fsp3) is 0.579. The molecule has 2 fully saturated rings. The molecule has 0 N–H and O–H groups in total. The molecule has 5 nitrogen and oxygen atoms in total. The van der Waals surface area contributed by atoms with Crippen molar-refractivity contribution in [2.24, 2.45) is 5.41 Å². The molecule has 0 aliphatic carbocycles. The molecule has 1 spiro atoms. The number of amides is 2. The van der Waals surface area contributed by atoms with E-state index >= 15 is 0 Å². The van der Waals surface area contributed by atoms with E-state index in [2.05, 4.69) is 0 Å². The molecule has 0 saturated carbocycles. The van der Waals surface area contributed by atoms with Crippen LogP contribution >= 0.6 is 11.6 Å². The highest BCUT2D eigenvalue weighted by molar-refractivity contribution is 6.30. The lowest BCUT2D eigenvalue weighted by atomic mass is 9.73. The Hall–Kier alpha value is -1.82. The molecule has 0 aromatic heterocycles. The summed E-state index contributed by atoms with van der Waals surface area (Å²) in [5.74, 6) is -0.0323. The molecular formula is C19H24ClFN2O3. The molecule has 2 heterocycles. The van der Waals surface area contributed by atoms with Gasteiger partial charge in [0, 0.05) is 44.1 Å². The average Bonchev–Trinajstić information content (AvgIpc) is 2.65. The molecule has 2 amide bonds. The van der Waals surface area contributed by atoms with Gasteiger partial charge in [0.1, 0.15) is 11.6 Å². The van der Waals surface area contributed by atoms with E-state index in [0.29, 0.717) is 31.8 Å². The lowest BCUT2D eigenvalue weighted by Gasteiger charge is -2.48. The van der Waals surface area contributed by atoms with Crippen molar-refractivity contribution in [1.82, 2.24) is 9.80 Å². The zero-order valence-corrected chi connectivity index (χ0v) is 15.7. The quantitative estimate of drug-likeness (QED) is 0.804. The van der Waals surface area contributed by atoms with Crippen LogP contribution in [-0.2, 0) is 9.59 Å². The molecule has 0 unspecified atom stereocenters. The van der Waals surface area contributed by atoms with Gasteiger partial charge in [-0.1, -0.05) is 11.6 Å². The highest BCUT2D eigenvalue weighted by Gasteiger charge is 2.42. The summed E-state index contributed by atoms with van der Waals surface area (Å²) in [5, 5.41) is -0.0293. The Labute approximate surface area is 158 Å². The second kappa shape index (κ2) is 7.82. The number of carbonyl (C=O) groups excluding carboxylic acids is 2. The van der Waals surface area contributed by atoms with Crippen LogP contribution in [0.1, 0.15) is 32.6 Å². The Morgan fingerprint density at radius 1 is 1.35 bits per heavy atom. The van der Waals surface area contributed by atoms with E-state index < -0.39 is 5.82 Å². The van der Waals surface area contributed by atoms with Crippen molar-refractivity contribution in [1.29, 1.82) is 0 Å². The van der Waals surface area contributed by atoms with Crippen LogP contribution < -0.4 is 4.74 Å². The largest absolute Gasteiger partial charge is 0.484 e. The van der Waals surface area contributed by atoms with Gasteiger partial charge in [0.05, 0.1) is 5.02 Å². The molecule has 26 heavy (non-hydrogen) atoms. The fourth-order valence-corrected chi connectivity index (χ4v) is 4.12. The van der Waals surface area contributed by atoms with Crippen molar-refractivity contribution in [2.75, 3.05) is 32.8 Å². The zero-order valence-electron chi connectivity index (χ0n) is 15.0. The minimum absolute atomic E-state index is 0.00296. The number of halogens is 2. The Bertz CT molecular complexity index is 699. The Balaban J connectivity index is 1.59. The Morgan fingerprint density at radius 3 is 2.88 bits per heavy atom. The molecule has 7 heteroatoms. The normalized spacial score (nSPS) is 23.4. The highest BCUT2D eigenvalue weighted by atomic mass is 35.5. The van der Waals surface area contributed by atoms with Gasteiger partial charge in [-0.25, -0.2) is 4.39 Å². The number of ether oxygens (including phenoxy) is 1. The monoisotopic (exact) mass is 382 g/mol. The summed E-state index contributed by atoms with van der Waals surface area (Å²) in [7, 11) is 0. The molecule has 1 aromatic rings. The summed E-state index contributed by atoms with van der Waals surface area (Å²) in [4.78, 5) is 28.3. The fourth-order valence-electron chi connectivity index (χ4n) is 3.95. The van der Waals surface area contributed by atoms with E-state index in [1.807, 2.05) is 16.7 Å². The number of hydrogen-bond acceptors (Lipinski definition) is 3. The third-order valence-corrected chi connectivity index (χ3v) is 5.69. The summed E-state index contributed by atoms with van der Waals surface area (Å²) in [6, 6.07) is 4.04. The van der Waals surface area contributed by atoms with Crippen molar-refractivity contribution in [3.63, 3.8) is 0 Å². The number of hydrogen-bond donors (Lipinski definition) is 0. The van der Waals surface area contributed by atoms with Crippen LogP contribution in [0.2, 0.25) is 5.02 Å². The molecule has 2 saturated heterocycles. The first-order chi connectivity index (χ1) is 12.4. The van der Waals surface area contributed by atoms with Crippen LogP contribution in [0.4, 0.5) is 4.39 Å². The van der Waals surface area contributed by atoms with Crippen LogP contribution in [-0.4, -0.2) is 54.4 Å².